The summed E-state index contributed by atoms with van der Waals surface area (Å²) in [6, 6.07) is 23.3. The Bertz CT molecular complexity index is 1120. The van der Waals surface area contributed by atoms with Crippen molar-refractivity contribution in [2.75, 3.05) is 7.11 Å². The van der Waals surface area contributed by atoms with Crippen LogP contribution in [0.15, 0.2) is 78.9 Å². The second-order valence-electron chi connectivity index (χ2n) is 7.46. The lowest BCUT2D eigenvalue weighted by atomic mass is 9.99. The number of nitrogens with one attached hydrogen (secondary N) is 2. The van der Waals surface area contributed by atoms with E-state index in [0.717, 1.165) is 22.4 Å². The standard InChI is InChI=1S/C25H23N3O3/c1-17-7-6-10-20(15-17)24(29)26-22-23(19-11-13-21(31-2)14-12-19)28(27-25(22)30)16-18-8-4-3-5-9-18/h3-16,22-23H,1-2H3,(H-,26,27,29,30)/p+1/b28-16-/t22-,23+/m0/s1. The largest absolute Gasteiger partial charge is 0.497 e. The van der Waals surface area contributed by atoms with Crippen LogP contribution in [-0.4, -0.2) is 35.9 Å². The van der Waals surface area contributed by atoms with E-state index < -0.39 is 12.1 Å². The molecule has 6 nitrogen and oxygen atoms in total. The van der Waals surface area contributed by atoms with Gasteiger partial charge in [-0.3, -0.25) is 9.59 Å². The van der Waals surface area contributed by atoms with Crippen molar-refractivity contribution in [2.24, 2.45) is 0 Å². The Kier molecular flexibility index (Phi) is 5.80. The number of aryl methyl sites for hydroxylation is 1. The lowest BCUT2D eigenvalue weighted by molar-refractivity contribution is -0.596. The lowest BCUT2D eigenvalue weighted by Crippen LogP contribution is -2.42. The average Bonchev–Trinajstić information content (AvgIpc) is 3.09. The number of hydrogen-bond donors (Lipinski definition) is 2. The Morgan fingerprint density at radius 3 is 2.45 bits per heavy atom. The third kappa shape index (κ3) is 4.48. The number of amides is 2. The molecule has 156 valence electrons. The summed E-state index contributed by atoms with van der Waals surface area (Å²) in [5.41, 5.74) is 6.20. The van der Waals surface area contributed by atoms with E-state index in [9.17, 15) is 9.59 Å². The van der Waals surface area contributed by atoms with Gasteiger partial charge in [0.25, 0.3) is 5.91 Å². The zero-order valence-corrected chi connectivity index (χ0v) is 17.4. The van der Waals surface area contributed by atoms with E-state index in [1.165, 1.54) is 0 Å². The molecule has 1 heterocycles. The first kappa shape index (κ1) is 20.3. The Morgan fingerprint density at radius 2 is 1.77 bits per heavy atom. The molecule has 2 amide bonds. The van der Waals surface area contributed by atoms with Crippen LogP contribution in [0.3, 0.4) is 0 Å². The van der Waals surface area contributed by atoms with Crippen LogP contribution in [0.2, 0.25) is 0 Å². The van der Waals surface area contributed by atoms with Crippen LogP contribution in [0.25, 0.3) is 0 Å². The molecule has 4 rings (SSSR count). The molecular weight excluding hydrogens is 390 g/mol. The predicted octanol–water partition coefficient (Wildman–Crippen LogP) is 3.02. The maximum Gasteiger partial charge on any atom is 0.304 e. The van der Waals surface area contributed by atoms with Gasteiger partial charge < -0.3 is 10.1 Å². The Hall–Kier alpha value is -3.93. The monoisotopic (exact) mass is 414 g/mol. The van der Waals surface area contributed by atoms with Crippen molar-refractivity contribution in [3.63, 3.8) is 0 Å². The third-order valence-electron chi connectivity index (χ3n) is 5.25. The van der Waals surface area contributed by atoms with Gasteiger partial charge >= 0.3 is 5.91 Å². The second kappa shape index (κ2) is 8.83. The molecule has 0 aliphatic carbocycles. The highest BCUT2D eigenvalue weighted by Gasteiger charge is 2.47. The zero-order valence-electron chi connectivity index (χ0n) is 17.4. The van der Waals surface area contributed by atoms with Crippen molar-refractivity contribution >= 4 is 18.0 Å². The molecule has 6 heteroatoms. The summed E-state index contributed by atoms with van der Waals surface area (Å²) in [5.74, 6) is 0.165. The molecule has 0 spiro atoms. The molecule has 31 heavy (non-hydrogen) atoms. The quantitative estimate of drug-likeness (QED) is 0.631. The topological polar surface area (TPSA) is 70.4 Å². The molecule has 1 aliphatic rings. The van der Waals surface area contributed by atoms with E-state index in [2.05, 4.69) is 10.7 Å². The first-order valence-electron chi connectivity index (χ1n) is 10.1. The van der Waals surface area contributed by atoms with Crippen LogP contribution in [-0.2, 0) is 4.79 Å². The van der Waals surface area contributed by atoms with Gasteiger partial charge in [-0.2, -0.15) is 0 Å². The Morgan fingerprint density at radius 1 is 1.03 bits per heavy atom. The molecule has 3 aromatic rings. The fourth-order valence-electron chi connectivity index (χ4n) is 3.69. The number of ether oxygens (including phenoxy) is 1. The number of rotatable bonds is 5. The average molecular weight is 414 g/mol. The molecule has 2 N–H and O–H groups in total. The summed E-state index contributed by atoms with van der Waals surface area (Å²) in [4.78, 5) is 25.8. The molecule has 1 saturated heterocycles. The first-order chi connectivity index (χ1) is 15.0. The zero-order chi connectivity index (χ0) is 21.8. The SMILES string of the molecule is COc1ccc([C@@H]2[C@H](NC(=O)c3cccc(C)c3)C(=O)N/[N+]2=C\c2ccccc2)cc1. The van der Waals surface area contributed by atoms with E-state index >= 15 is 0 Å². The van der Waals surface area contributed by atoms with E-state index in [0.29, 0.717) is 5.56 Å². The van der Waals surface area contributed by atoms with Gasteiger partial charge in [0.05, 0.1) is 7.11 Å². The number of methoxy groups -OCH3 is 1. The number of hydrogen-bond acceptors (Lipinski definition) is 3. The molecule has 0 bridgehead atoms. The Labute approximate surface area is 181 Å². The first-order valence-corrected chi connectivity index (χ1v) is 10.1. The van der Waals surface area contributed by atoms with Gasteiger partial charge in [0.1, 0.15) is 5.75 Å². The van der Waals surface area contributed by atoms with Gasteiger partial charge in [0.2, 0.25) is 12.3 Å². The van der Waals surface area contributed by atoms with Crippen molar-refractivity contribution in [3.05, 3.63) is 101 Å². The van der Waals surface area contributed by atoms with Crippen molar-refractivity contribution in [2.45, 2.75) is 19.0 Å². The van der Waals surface area contributed by atoms with Crippen molar-refractivity contribution in [3.8, 4) is 5.75 Å². The van der Waals surface area contributed by atoms with Crippen LogP contribution >= 0.6 is 0 Å². The molecule has 0 radical (unpaired) electrons. The van der Waals surface area contributed by atoms with Crippen LogP contribution in [0.1, 0.15) is 33.1 Å². The lowest BCUT2D eigenvalue weighted by Gasteiger charge is -2.15. The van der Waals surface area contributed by atoms with Gasteiger partial charge in [-0.1, -0.05) is 35.9 Å². The van der Waals surface area contributed by atoms with Crippen molar-refractivity contribution in [1.82, 2.24) is 10.7 Å². The molecule has 0 saturated carbocycles. The van der Waals surface area contributed by atoms with Gasteiger partial charge in [-0.15, -0.1) is 10.1 Å². The predicted molar refractivity (Wildman–Crippen MR) is 118 cm³/mol. The fraction of sp³-hybridized carbons (Fsp3) is 0.160. The van der Waals surface area contributed by atoms with E-state index in [4.69, 9.17) is 4.74 Å². The molecule has 0 unspecified atom stereocenters. The number of carbonyl (C=O) groups is 2. The molecule has 2 atom stereocenters. The van der Waals surface area contributed by atoms with E-state index in [-0.39, 0.29) is 11.8 Å². The summed E-state index contributed by atoms with van der Waals surface area (Å²) in [7, 11) is 1.61. The van der Waals surface area contributed by atoms with Crippen LogP contribution in [0.4, 0.5) is 0 Å². The fourth-order valence-corrected chi connectivity index (χ4v) is 3.69. The van der Waals surface area contributed by atoms with Crippen molar-refractivity contribution in [1.29, 1.82) is 0 Å². The number of hydrazone groups is 1. The van der Waals surface area contributed by atoms with Gasteiger partial charge in [0, 0.05) is 16.7 Å². The Balaban J connectivity index is 1.70. The van der Waals surface area contributed by atoms with E-state index in [1.54, 1.807) is 23.9 Å². The third-order valence-corrected chi connectivity index (χ3v) is 5.25. The molecular formula is C25H24N3O3+. The highest BCUT2D eigenvalue weighted by molar-refractivity contribution is 5.98. The van der Waals surface area contributed by atoms with Gasteiger partial charge in [-0.05, 0) is 55.5 Å². The number of carbonyl (C=O) groups excluding carboxylic acids is 2. The highest BCUT2D eigenvalue weighted by Crippen LogP contribution is 2.27. The minimum Gasteiger partial charge on any atom is -0.497 e. The van der Waals surface area contributed by atoms with Crippen LogP contribution < -0.4 is 15.5 Å². The number of nitrogens with zero attached hydrogens (tertiary/aromatic N) is 1. The van der Waals surface area contributed by atoms with Gasteiger partial charge in [-0.25, -0.2) is 0 Å². The number of benzene rings is 3. The van der Waals surface area contributed by atoms with Crippen LogP contribution in [0.5, 0.6) is 5.75 Å². The maximum atomic E-state index is 12.9. The summed E-state index contributed by atoms with van der Waals surface area (Å²) in [6.07, 6.45) is 1.87. The number of hydrazine groups is 1. The van der Waals surface area contributed by atoms with Crippen molar-refractivity contribution < 1.29 is 19.0 Å². The summed E-state index contributed by atoms with van der Waals surface area (Å²) in [6.45, 7) is 1.93. The smallest absolute Gasteiger partial charge is 0.304 e. The normalized spacial score (nSPS) is 19.2. The summed E-state index contributed by atoms with van der Waals surface area (Å²) in [5, 5.41) is 2.92. The van der Waals surface area contributed by atoms with Crippen LogP contribution in [0, 0.1) is 6.92 Å². The molecule has 0 aromatic heterocycles. The minimum atomic E-state index is -0.763. The van der Waals surface area contributed by atoms with Gasteiger partial charge in [0.15, 0.2) is 6.04 Å². The second-order valence-corrected chi connectivity index (χ2v) is 7.46. The highest BCUT2D eigenvalue weighted by atomic mass is 16.5. The molecule has 1 aliphatic heterocycles. The minimum absolute atomic E-state index is 0.269. The maximum absolute atomic E-state index is 12.9. The summed E-state index contributed by atoms with van der Waals surface area (Å²) < 4.78 is 7.01. The molecule has 3 aromatic carbocycles. The van der Waals surface area contributed by atoms with E-state index in [1.807, 2.05) is 79.9 Å². The summed E-state index contributed by atoms with van der Waals surface area (Å²) >= 11 is 0. The molecule has 1 fully saturated rings.